The Morgan fingerprint density at radius 3 is 1.81 bits per heavy atom. The highest BCUT2D eigenvalue weighted by Gasteiger charge is 2.54. The molecule has 360 valence electrons. The summed E-state index contributed by atoms with van der Waals surface area (Å²) in [5.41, 5.74) is 0. The first-order valence-electron chi connectivity index (χ1n) is 22.7. The molecule has 0 radical (unpaired) electrons. The summed E-state index contributed by atoms with van der Waals surface area (Å²) in [6.45, 7) is 2.96. The second kappa shape index (κ2) is 32.0. The lowest BCUT2D eigenvalue weighted by atomic mass is 9.85. The highest BCUT2D eigenvalue weighted by atomic mass is 31.2. The van der Waals surface area contributed by atoms with E-state index in [1.54, 1.807) is 0 Å². The van der Waals surface area contributed by atoms with E-state index >= 15 is 0 Å². The van der Waals surface area contributed by atoms with Gasteiger partial charge in [-0.15, -0.1) is 0 Å². The molecular weight excluding hydrogens is 850 g/mol. The lowest BCUT2D eigenvalue weighted by Gasteiger charge is -2.43. The number of unbranched alkanes of at least 4 members (excludes halogenated alkanes) is 13. The van der Waals surface area contributed by atoms with Crippen LogP contribution in [0.3, 0.4) is 0 Å². The molecule has 1 heterocycles. The van der Waals surface area contributed by atoms with Crippen LogP contribution in [0.15, 0.2) is 36.5 Å². The monoisotopic (exact) mass is 926 g/mol. The van der Waals surface area contributed by atoms with Crippen LogP contribution >= 0.6 is 15.6 Å². The van der Waals surface area contributed by atoms with Gasteiger partial charge in [0, 0.05) is 12.8 Å². The van der Waals surface area contributed by atoms with Crippen LogP contribution in [0.4, 0.5) is 0 Å². The topological polar surface area (TPSA) is 269 Å². The first-order chi connectivity index (χ1) is 29.6. The van der Waals surface area contributed by atoms with Gasteiger partial charge in [-0.1, -0.05) is 115 Å². The molecule has 7 unspecified atom stereocenters. The van der Waals surface area contributed by atoms with Crippen LogP contribution in [0.1, 0.15) is 155 Å². The Balaban J connectivity index is 1.82. The van der Waals surface area contributed by atoms with Gasteiger partial charge in [0.15, 0.2) is 6.10 Å². The zero-order chi connectivity index (χ0) is 45.8. The van der Waals surface area contributed by atoms with Crippen molar-refractivity contribution in [3.63, 3.8) is 0 Å². The Labute approximate surface area is 368 Å². The molecule has 0 aromatic carbocycles. The Morgan fingerprint density at radius 1 is 0.597 bits per heavy atom. The minimum atomic E-state index is -5.37. The van der Waals surface area contributed by atoms with E-state index in [1.807, 2.05) is 0 Å². The molecule has 0 aromatic heterocycles. The van der Waals surface area contributed by atoms with Crippen molar-refractivity contribution in [2.24, 2.45) is 0 Å². The van der Waals surface area contributed by atoms with Crippen molar-refractivity contribution in [1.29, 1.82) is 0 Å². The number of aliphatic hydroxyl groups is 4. The van der Waals surface area contributed by atoms with Gasteiger partial charge >= 0.3 is 27.6 Å². The van der Waals surface area contributed by atoms with Gasteiger partial charge in [0.05, 0.1) is 18.8 Å². The van der Waals surface area contributed by atoms with Crippen molar-refractivity contribution in [2.45, 2.75) is 210 Å². The summed E-state index contributed by atoms with van der Waals surface area (Å²) < 4.78 is 55.1. The van der Waals surface area contributed by atoms with E-state index in [2.05, 4.69) is 54.8 Å². The molecule has 1 saturated heterocycles. The molecule has 0 bridgehead atoms. The van der Waals surface area contributed by atoms with Crippen LogP contribution in [0, 0.1) is 0 Å². The number of aliphatic hydroxyl groups excluding tert-OH is 4. The molecule has 2 aliphatic rings. The van der Waals surface area contributed by atoms with E-state index in [-0.39, 0.29) is 12.8 Å². The van der Waals surface area contributed by atoms with Crippen molar-refractivity contribution < 1.29 is 81.6 Å². The molecule has 2 rings (SSSR count). The molecule has 62 heavy (non-hydrogen) atoms. The Hall–Kier alpha value is -1.82. The second-order valence-corrected chi connectivity index (χ2v) is 18.7. The predicted molar refractivity (Wildman–Crippen MR) is 231 cm³/mol. The SMILES string of the molecule is CCC/C=C\C/C=C\CCCCCCCC(=O)O[C@H](COC(=O)CCCCCCCC1OC1C/C=C\CCCCC)COP(=O)(O)O[C@H]1C(O)C(O)C(O)[C@@H](OP(=O)(O)O)C1O. The van der Waals surface area contributed by atoms with Gasteiger partial charge in [-0.3, -0.25) is 23.2 Å². The van der Waals surface area contributed by atoms with E-state index in [1.165, 1.54) is 19.3 Å². The molecule has 2 fully saturated rings. The van der Waals surface area contributed by atoms with Gasteiger partial charge in [-0.05, 0) is 64.2 Å². The number of esters is 2. The number of allylic oxidation sites excluding steroid dienone is 5. The number of epoxide rings is 1. The molecule has 0 spiro atoms. The first kappa shape index (κ1) is 56.3. The normalized spacial score (nSPS) is 25.7. The third kappa shape index (κ3) is 25.6. The van der Waals surface area contributed by atoms with Crippen LogP contribution in [0.2, 0.25) is 0 Å². The van der Waals surface area contributed by atoms with E-state index in [0.29, 0.717) is 25.0 Å². The van der Waals surface area contributed by atoms with Crippen LogP contribution in [0.25, 0.3) is 0 Å². The molecule has 0 amide bonds. The lowest BCUT2D eigenvalue weighted by molar-refractivity contribution is -0.216. The molecule has 10 atom stereocenters. The maximum atomic E-state index is 13.0. The van der Waals surface area contributed by atoms with Gasteiger partial charge in [-0.2, -0.15) is 0 Å². The fraction of sp³-hybridized carbons (Fsp3) is 0.814. The fourth-order valence-corrected chi connectivity index (χ4v) is 8.49. The van der Waals surface area contributed by atoms with Crippen LogP contribution in [0.5, 0.6) is 0 Å². The second-order valence-electron chi connectivity index (χ2n) is 16.1. The number of rotatable bonds is 36. The fourth-order valence-electron chi connectivity index (χ4n) is 6.95. The number of phosphoric ester groups is 2. The minimum absolute atomic E-state index is 0.0209. The van der Waals surface area contributed by atoms with Gasteiger partial charge in [0.1, 0.15) is 43.2 Å². The number of hydrogen-bond acceptors (Lipinski definition) is 14. The molecule has 7 N–H and O–H groups in total. The number of hydrogen-bond donors (Lipinski definition) is 7. The number of carbonyl (C=O) groups is 2. The van der Waals surface area contributed by atoms with Crippen molar-refractivity contribution in [3.8, 4) is 0 Å². The average molecular weight is 927 g/mol. The Kier molecular flexibility index (Phi) is 29.0. The van der Waals surface area contributed by atoms with Crippen LogP contribution < -0.4 is 0 Å². The third-order valence-corrected chi connectivity index (χ3v) is 12.1. The van der Waals surface area contributed by atoms with E-state index in [9.17, 15) is 44.0 Å². The van der Waals surface area contributed by atoms with Gasteiger partial charge in [-0.25, -0.2) is 9.13 Å². The van der Waals surface area contributed by atoms with E-state index in [4.69, 9.17) is 33.0 Å². The maximum absolute atomic E-state index is 13.0. The van der Waals surface area contributed by atoms with Crippen molar-refractivity contribution in [2.75, 3.05) is 13.2 Å². The number of ether oxygens (including phenoxy) is 3. The Bertz CT molecular complexity index is 1420. The lowest BCUT2D eigenvalue weighted by Crippen LogP contribution is -2.64. The summed E-state index contributed by atoms with van der Waals surface area (Å²) in [5, 5.41) is 41.2. The number of phosphoric acid groups is 2. The molecule has 1 aliphatic carbocycles. The molecule has 1 saturated carbocycles. The first-order valence-corrected chi connectivity index (χ1v) is 25.7. The summed E-state index contributed by atoms with van der Waals surface area (Å²) in [6.07, 6.45) is 18.4. The van der Waals surface area contributed by atoms with Gasteiger partial charge < -0.3 is 49.3 Å². The summed E-state index contributed by atoms with van der Waals surface area (Å²) in [6, 6.07) is 0. The van der Waals surface area contributed by atoms with Crippen LogP contribution in [-0.2, 0) is 46.5 Å². The zero-order valence-corrected chi connectivity index (χ0v) is 38.5. The minimum Gasteiger partial charge on any atom is -0.462 e. The van der Waals surface area contributed by atoms with Gasteiger partial charge in [0.2, 0.25) is 0 Å². The summed E-state index contributed by atoms with van der Waals surface area (Å²) in [4.78, 5) is 54.2. The highest BCUT2D eigenvalue weighted by Crippen LogP contribution is 2.49. The molecular formula is C43H76O17P2. The molecule has 0 aromatic rings. The molecule has 17 nitrogen and oxygen atoms in total. The smallest absolute Gasteiger partial charge is 0.462 e. The standard InChI is InChI=1S/C43H76O17P2/c1-3-5-7-9-11-12-13-14-15-16-17-21-26-30-37(45)57-33(32-56-62(53,54)60-43-40(48)38(46)39(47)42(41(43)49)59-61(50,51)52)31-55-36(44)29-25-22-18-20-24-28-35-34(58-35)27-23-19-10-8-6-4-2/h7,9,12-13,19,23,33-35,38-43,46-49H,3-6,8,10-11,14-18,20-22,24-32H2,1-2H3,(H,53,54)(H2,50,51,52)/b9-7-,13-12-,23-19-/t33-,34?,35?,38?,39?,40?,41?,42-,43+/m1/s1. The summed E-state index contributed by atoms with van der Waals surface area (Å²) in [7, 11) is -10.7. The van der Waals surface area contributed by atoms with Gasteiger partial charge in [0.25, 0.3) is 0 Å². The number of carbonyl (C=O) groups excluding carboxylic acids is 2. The van der Waals surface area contributed by atoms with Crippen LogP contribution in [-0.4, -0.2) is 115 Å². The highest BCUT2D eigenvalue weighted by molar-refractivity contribution is 7.47. The van der Waals surface area contributed by atoms with Crippen molar-refractivity contribution in [3.05, 3.63) is 36.5 Å². The molecule has 19 heteroatoms. The van der Waals surface area contributed by atoms with E-state index < -0.39 is 83.5 Å². The molecule has 1 aliphatic heterocycles. The van der Waals surface area contributed by atoms with Crippen molar-refractivity contribution >= 4 is 27.6 Å². The average Bonchev–Trinajstić information content (AvgIpc) is 3.98. The largest absolute Gasteiger partial charge is 0.472 e. The van der Waals surface area contributed by atoms with Crippen molar-refractivity contribution in [1.82, 2.24) is 0 Å². The zero-order valence-electron chi connectivity index (χ0n) is 36.7. The maximum Gasteiger partial charge on any atom is 0.472 e. The quantitative estimate of drug-likeness (QED) is 0.0110. The van der Waals surface area contributed by atoms with E-state index in [0.717, 1.165) is 96.3 Å². The summed E-state index contributed by atoms with van der Waals surface area (Å²) in [5.74, 6) is -1.25. The predicted octanol–water partition coefficient (Wildman–Crippen LogP) is 6.94. The Morgan fingerprint density at radius 2 is 1.16 bits per heavy atom. The third-order valence-electron chi connectivity index (χ3n) is 10.6. The summed E-state index contributed by atoms with van der Waals surface area (Å²) >= 11 is 0.